The zero-order valence-corrected chi connectivity index (χ0v) is 13.9. The topological polar surface area (TPSA) is 15.3 Å². The molecule has 1 heterocycles. The molecule has 1 saturated heterocycles. The molecule has 2 heteroatoms. The van der Waals surface area contributed by atoms with Gasteiger partial charge in [-0.3, -0.25) is 0 Å². The van der Waals surface area contributed by atoms with Crippen molar-refractivity contribution >= 4 is 5.69 Å². The van der Waals surface area contributed by atoms with E-state index in [1.54, 1.807) is 0 Å². The van der Waals surface area contributed by atoms with E-state index in [2.05, 4.69) is 55.3 Å². The van der Waals surface area contributed by atoms with Gasteiger partial charge < -0.3 is 10.2 Å². The molecule has 21 heavy (non-hydrogen) atoms. The molecule has 1 saturated carbocycles. The Morgan fingerprint density at radius 1 is 1.00 bits per heavy atom. The quantitative estimate of drug-likeness (QED) is 0.836. The number of hydrogen-bond acceptors (Lipinski definition) is 2. The summed E-state index contributed by atoms with van der Waals surface area (Å²) in [5, 5.41) is 3.83. The van der Waals surface area contributed by atoms with Crippen molar-refractivity contribution in [1.82, 2.24) is 5.32 Å². The van der Waals surface area contributed by atoms with Crippen LogP contribution in [-0.4, -0.2) is 25.2 Å². The van der Waals surface area contributed by atoms with Crippen molar-refractivity contribution < 1.29 is 0 Å². The molecule has 1 aromatic carbocycles. The fourth-order valence-corrected chi connectivity index (χ4v) is 3.91. The number of piperazine rings is 1. The molecule has 1 aromatic rings. The van der Waals surface area contributed by atoms with Crippen molar-refractivity contribution in [1.29, 1.82) is 0 Å². The molecule has 0 unspecified atom stereocenters. The lowest BCUT2D eigenvalue weighted by Gasteiger charge is -2.47. The number of nitrogens with one attached hydrogen (secondary N) is 1. The summed E-state index contributed by atoms with van der Waals surface area (Å²) in [5.74, 6) is 0. The molecule has 0 radical (unpaired) electrons. The minimum atomic E-state index is 0.243. The summed E-state index contributed by atoms with van der Waals surface area (Å²) in [4.78, 5) is 2.59. The smallest absolute Gasteiger partial charge is 0.0367 e. The van der Waals surface area contributed by atoms with Crippen molar-refractivity contribution in [3.8, 4) is 0 Å². The Hall–Kier alpha value is -1.02. The Labute approximate surface area is 129 Å². The molecule has 1 N–H and O–H groups in total. The van der Waals surface area contributed by atoms with Gasteiger partial charge in [-0.1, -0.05) is 52.2 Å². The summed E-state index contributed by atoms with van der Waals surface area (Å²) in [6, 6.07) is 9.26. The van der Waals surface area contributed by atoms with Crippen LogP contribution in [0.1, 0.15) is 58.4 Å². The third-order valence-corrected chi connectivity index (χ3v) is 5.28. The zero-order valence-electron chi connectivity index (χ0n) is 13.9. The molecule has 2 fully saturated rings. The molecule has 2 nitrogen and oxygen atoms in total. The van der Waals surface area contributed by atoms with Gasteiger partial charge in [-0.05, 0) is 36.0 Å². The first-order chi connectivity index (χ1) is 9.99. The van der Waals surface area contributed by atoms with Gasteiger partial charge in [-0.15, -0.1) is 0 Å². The maximum Gasteiger partial charge on any atom is 0.0367 e. The van der Waals surface area contributed by atoms with Crippen LogP contribution in [0.15, 0.2) is 24.3 Å². The molecule has 3 rings (SSSR count). The first-order valence-corrected chi connectivity index (χ1v) is 8.59. The first-order valence-electron chi connectivity index (χ1n) is 8.59. The number of rotatable bonds is 1. The monoisotopic (exact) mass is 286 g/mol. The van der Waals surface area contributed by atoms with Crippen molar-refractivity contribution in [2.45, 2.75) is 63.8 Å². The molecule has 1 aliphatic heterocycles. The average Bonchev–Trinajstić information content (AvgIpc) is 2.47. The molecule has 0 atom stereocenters. The molecule has 116 valence electrons. The number of anilines is 1. The Morgan fingerprint density at radius 2 is 1.67 bits per heavy atom. The van der Waals surface area contributed by atoms with Crippen LogP contribution in [0.25, 0.3) is 0 Å². The molecule has 1 spiro atoms. The van der Waals surface area contributed by atoms with E-state index in [-0.39, 0.29) is 5.41 Å². The summed E-state index contributed by atoms with van der Waals surface area (Å²) in [7, 11) is 0. The van der Waals surface area contributed by atoms with E-state index in [9.17, 15) is 0 Å². The second-order valence-electron chi connectivity index (χ2n) is 7.99. The maximum absolute atomic E-state index is 3.83. The largest absolute Gasteiger partial charge is 0.368 e. The third-order valence-electron chi connectivity index (χ3n) is 5.28. The van der Waals surface area contributed by atoms with E-state index in [0.29, 0.717) is 5.54 Å². The van der Waals surface area contributed by atoms with E-state index in [1.807, 2.05) is 0 Å². The van der Waals surface area contributed by atoms with E-state index >= 15 is 0 Å². The average molecular weight is 286 g/mol. The summed E-state index contributed by atoms with van der Waals surface area (Å²) in [6.07, 6.45) is 6.91. The van der Waals surface area contributed by atoms with Gasteiger partial charge in [0.25, 0.3) is 0 Å². The van der Waals surface area contributed by atoms with Gasteiger partial charge in [-0.2, -0.15) is 0 Å². The van der Waals surface area contributed by atoms with E-state index in [4.69, 9.17) is 0 Å². The highest BCUT2D eigenvalue weighted by atomic mass is 15.2. The van der Waals surface area contributed by atoms with E-state index in [0.717, 1.165) is 13.1 Å². The molecular weight excluding hydrogens is 256 g/mol. The van der Waals surface area contributed by atoms with Crippen LogP contribution in [0.3, 0.4) is 0 Å². The maximum atomic E-state index is 3.83. The van der Waals surface area contributed by atoms with Crippen LogP contribution in [-0.2, 0) is 5.41 Å². The van der Waals surface area contributed by atoms with Gasteiger partial charge >= 0.3 is 0 Å². The summed E-state index contributed by atoms with van der Waals surface area (Å²) in [5.41, 5.74) is 3.45. The minimum Gasteiger partial charge on any atom is -0.368 e. The van der Waals surface area contributed by atoms with Crippen LogP contribution < -0.4 is 10.2 Å². The highest BCUT2D eigenvalue weighted by Crippen LogP contribution is 2.33. The van der Waals surface area contributed by atoms with Crippen LogP contribution in [0.4, 0.5) is 5.69 Å². The first kappa shape index (κ1) is 14.9. The highest BCUT2D eigenvalue weighted by Gasteiger charge is 2.36. The Morgan fingerprint density at radius 3 is 2.29 bits per heavy atom. The minimum absolute atomic E-state index is 0.243. The fourth-order valence-electron chi connectivity index (χ4n) is 3.91. The third kappa shape index (κ3) is 3.26. The lowest BCUT2D eigenvalue weighted by molar-refractivity contribution is 0.216. The van der Waals surface area contributed by atoms with Gasteiger partial charge in [0.15, 0.2) is 0 Å². The Balaban J connectivity index is 1.74. The molecule has 1 aliphatic carbocycles. The van der Waals surface area contributed by atoms with Crippen LogP contribution in [0.2, 0.25) is 0 Å². The predicted octanol–water partition coefficient (Wildman–Crippen LogP) is 4.10. The standard InChI is InChI=1S/C19H30N2/c1-18(2,3)16-7-9-17(10-8-16)21-14-13-20-19(15-21)11-5-4-6-12-19/h7-10,20H,4-6,11-15H2,1-3H3. The Kier molecular flexibility index (Phi) is 4.00. The lowest BCUT2D eigenvalue weighted by atomic mass is 9.80. The van der Waals surface area contributed by atoms with Crippen molar-refractivity contribution in [3.63, 3.8) is 0 Å². The molecule has 2 aliphatic rings. The van der Waals surface area contributed by atoms with Gasteiger partial charge in [-0.25, -0.2) is 0 Å². The number of benzene rings is 1. The van der Waals surface area contributed by atoms with Crippen LogP contribution in [0.5, 0.6) is 0 Å². The molecule has 0 bridgehead atoms. The second-order valence-corrected chi connectivity index (χ2v) is 7.99. The molecule has 0 amide bonds. The van der Waals surface area contributed by atoms with Gasteiger partial charge in [0, 0.05) is 30.9 Å². The number of hydrogen-bond donors (Lipinski definition) is 1. The number of nitrogens with zero attached hydrogens (tertiary/aromatic N) is 1. The molecular formula is C19H30N2. The second kappa shape index (κ2) is 5.64. The van der Waals surface area contributed by atoms with Gasteiger partial charge in [0.2, 0.25) is 0 Å². The van der Waals surface area contributed by atoms with Crippen molar-refractivity contribution in [2.24, 2.45) is 0 Å². The van der Waals surface area contributed by atoms with Crippen LogP contribution in [0, 0.1) is 0 Å². The van der Waals surface area contributed by atoms with Crippen molar-refractivity contribution in [2.75, 3.05) is 24.5 Å². The lowest BCUT2D eigenvalue weighted by Crippen LogP contribution is -2.61. The van der Waals surface area contributed by atoms with Crippen molar-refractivity contribution in [3.05, 3.63) is 29.8 Å². The molecule has 0 aromatic heterocycles. The highest BCUT2D eigenvalue weighted by molar-refractivity contribution is 5.49. The SMILES string of the molecule is CC(C)(C)c1ccc(N2CCNC3(CCCCC3)C2)cc1. The Bertz CT molecular complexity index is 458. The fraction of sp³-hybridized carbons (Fsp3) is 0.684. The summed E-state index contributed by atoms with van der Waals surface area (Å²) < 4.78 is 0. The van der Waals surface area contributed by atoms with Gasteiger partial charge in [0.05, 0.1) is 0 Å². The van der Waals surface area contributed by atoms with E-state index < -0.39 is 0 Å². The van der Waals surface area contributed by atoms with Crippen LogP contribution >= 0.6 is 0 Å². The summed E-state index contributed by atoms with van der Waals surface area (Å²) >= 11 is 0. The predicted molar refractivity (Wildman–Crippen MR) is 91.2 cm³/mol. The zero-order chi connectivity index (χ0) is 14.9. The normalized spacial score (nSPS) is 22.5. The summed E-state index contributed by atoms with van der Waals surface area (Å²) in [6.45, 7) is 10.3. The van der Waals surface area contributed by atoms with Gasteiger partial charge in [0.1, 0.15) is 0 Å². The van der Waals surface area contributed by atoms with E-state index in [1.165, 1.54) is 49.9 Å².